The van der Waals surface area contributed by atoms with Crippen molar-refractivity contribution in [3.63, 3.8) is 0 Å². The van der Waals surface area contributed by atoms with Crippen LogP contribution in [0.1, 0.15) is 9.67 Å². The van der Waals surface area contributed by atoms with Crippen LogP contribution in [-0.4, -0.2) is 28.6 Å². The summed E-state index contributed by atoms with van der Waals surface area (Å²) < 4.78 is 0.863. The second kappa shape index (κ2) is 7.30. The van der Waals surface area contributed by atoms with Gasteiger partial charge in [0.05, 0.1) is 15.2 Å². The van der Waals surface area contributed by atoms with Gasteiger partial charge in [-0.15, -0.1) is 21.5 Å². The van der Waals surface area contributed by atoms with Gasteiger partial charge in [-0.1, -0.05) is 11.3 Å². The molecule has 3 aromatic heterocycles. The van der Waals surface area contributed by atoms with Gasteiger partial charge in [0.25, 0.3) is 5.91 Å². The molecule has 0 fully saturated rings. The number of rotatable bonds is 5. The molecule has 0 atom stereocenters. The number of thiophene rings is 2. The van der Waals surface area contributed by atoms with Crippen LogP contribution in [0.15, 0.2) is 32.7 Å². The SMILES string of the molecule is O=C(CNC(=O)c1ccc(Br)s1)Nc1nnc(-c2ccsc2)s1. The molecule has 0 aliphatic rings. The van der Waals surface area contributed by atoms with E-state index in [2.05, 4.69) is 36.8 Å². The predicted molar refractivity (Wildman–Crippen MR) is 96.2 cm³/mol. The van der Waals surface area contributed by atoms with E-state index >= 15 is 0 Å². The summed E-state index contributed by atoms with van der Waals surface area (Å²) in [5, 5.41) is 18.2. The van der Waals surface area contributed by atoms with E-state index in [1.165, 1.54) is 22.7 Å². The average Bonchev–Trinajstić information content (AvgIpc) is 3.25. The molecule has 2 amide bonds. The fourth-order valence-corrected chi connectivity index (χ4v) is 4.40. The van der Waals surface area contributed by atoms with Gasteiger partial charge in [0.2, 0.25) is 11.0 Å². The lowest BCUT2D eigenvalue weighted by Crippen LogP contribution is -2.32. The Hall–Kier alpha value is -1.62. The molecule has 6 nitrogen and oxygen atoms in total. The molecule has 0 radical (unpaired) electrons. The van der Waals surface area contributed by atoms with Gasteiger partial charge in [0.1, 0.15) is 5.01 Å². The van der Waals surface area contributed by atoms with Crippen molar-refractivity contribution in [2.24, 2.45) is 0 Å². The standard InChI is InChI=1S/C13H9BrN4O2S3/c14-9-2-1-8(22-9)11(20)15-5-10(19)16-13-18-17-12(23-13)7-3-4-21-6-7/h1-4,6H,5H2,(H,15,20)(H,16,18,19). The highest BCUT2D eigenvalue weighted by Gasteiger charge is 2.12. The first-order valence-electron chi connectivity index (χ1n) is 6.31. The Balaban J connectivity index is 1.52. The van der Waals surface area contributed by atoms with E-state index in [1.54, 1.807) is 23.5 Å². The highest BCUT2D eigenvalue weighted by molar-refractivity contribution is 9.11. The molecule has 0 saturated heterocycles. The molecule has 0 saturated carbocycles. The zero-order chi connectivity index (χ0) is 16.2. The molecule has 0 bridgehead atoms. The minimum Gasteiger partial charge on any atom is -0.342 e. The maximum atomic E-state index is 11.9. The number of anilines is 1. The molecule has 0 spiro atoms. The van der Waals surface area contributed by atoms with E-state index in [4.69, 9.17) is 0 Å². The molecule has 2 N–H and O–H groups in total. The van der Waals surface area contributed by atoms with Crippen molar-refractivity contribution in [3.05, 3.63) is 37.6 Å². The second-order valence-electron chi connectivity index (χ2n) is 4.26. The largest absolute Gasteiger partial charge is 0.342 e. The van der Waals surface area contributed by atoms with Crippen LogP contribution in [0.5, 0.6) is 0 Å². The summed E-state index contributed by atoms with van der Waals surface area (Å²) in [5.74, 6) is -0.630. The number of halogens is 1. The van der Waals surface area contributed by atoms with Crippen LogP contribution in [0, 0.1) is 0 Å². The Morgan fingerprint density at radius 2 is 2.04 bits per heavy atom. The number of hydrogen-bond donors (Lipinski definition) is 2. The summed E-state index contributed by atoms with van der Waals surface area (Å²) in [6.07, 6.45) is 0. The first-order valence-corrected chi connectivity index (χ1v) is 9.68. The van der Waals surface area contributed by atoms with E-state index in [9.17, 15) is 9.59 Å². The van der Waals surface area contributed by atoms with E-state index in [0.29, 0.717) is 10.0 Å². The molecular formula is C13H9BrN4O2S3. The first kappa shape index (κ1) is 16.2. The molecular weight excluding hydrogens is 420 g/mol. The number of aromatic nitrogens is 2. The third-order valence-corrected chi connectivity index (χ3v) is 5.84. The van der Waals surface area contributed by atoms with Crippen LogP contribution in [0.25, 0.3) is 10.6 Å². The molecule has 23 heavy (non-hydrogen) atoms. The Morgan fingerprint density at radius 3 is 2.74 bits per heavy atom. The van der Waals surface area contributed by atoms with Gasteiger partial charge in [-0.25, -0.2) is 0 Å². The highest BCUT2D eigenvalue weighted by atomic mass is 79.9. The number of amides is 2. The van der Waals surface area contributed by atoms with Crippen LogP contribution in [-0.2, 0) is 4.79 Å². The van der Waals surface area contributed by atoms with Crippen LogP contribution in [0.4, 0.5) is 5.13 Å². The first-order chi connectivity index (χ1) is 11.1. The monoisotopic (exact) mass is 428 g/mol. The van der Waals surface area contributed by atoms with Crippen molar-refractivity contribution >= 4 is 66.9 Å². The van der Waals surface area contributed by atoms with Crippen molar-refractivity contribution in [2.45, 2.75) is 0 Å². The highest BCUT2D eigenvalue weighted by Crippen LogP contribution is 2.27. The fourth-order valence-electron chi connectivity index (χ4n) is 1.62. The lowest BCUT2D eigenvalue weighted by Gasteiger charge is -2.02. The van der Waals surface area contributed by atoms with E-state index in [-0.39, 0.29) is 18.4 Å². The number of nitrogens with zero attached hydrogens (tertiary/aromatic N) is 2. The molecule has 10 heteroatoms. The van der Waals surface area contributed by atoms with Gasteiger partial charge in [-0.2, -0.15) is 11.3 Å². The zero-order valence-corrected chi connectivity index (χ0v) is 15.4. The maximum Gasteiger partial charge on any atom is 0.261 e. The van der Waals surface area contributed by atoms with Gasteiger partial charge in [0, 0.05) is 10.9 Å². The number of hydrogen-bond acceptors (Lipinski definition) is 7. The van der Waals surface area contributed by atoms with Crippen molar-refractivity contribution in [1.82, 2.24) is 15.5 Å². The number of nitrogens with one attached hydrogen (secondary N) is 2. The van der Waals surface area contributed by atoms with Crippen molar-refractivity contribution in [2.75, 3.05) is 11.9 Å². The smallest absolute Gasteiger partial charge is 0.261 e. The van der Waals surface area contributed by atoms with Crippen LogP contribution in [0.2, 0.25) is 0 Å². The Labute approximate surface area is 151 Å². The molecule has 0 aliphatic heterocycles. The summed E-state index contributed by atoms with van der Waals surface area (Å²) in [6, 6.07) is 5.42. The molecule has 3 rings (SSSR count). The second-order valence-corrected chi connectivity index (χ2v) is 8.48. The molecule has 0 aromatic carbocycles. The quantitative estimate of drug-likeness (QED) is 0.651. The Bertz CT molecular complexity index is 828. The van der Waals surface area contributed by atoms with Crippen molar-refractivity contribution < 1.29 is 9.59 Å². The van der Waals surface area contributed by atoms with Gasteiger partial charge >= 0.3 is 0 Å². The summed E-state index contributed by atoms with van der Waals surface area (Å²) in [5.41, 5.74) is 0.976. The summed E-state index contributed by atoms with van der Waals surface area (Å²) in [6.45, 7) is -0.123. The van der Waals surface area contributed by atoms with E-state index in [1.807, 2.05) is 16.8 Å². The third-order valence-electron chi connectivity index (χ3n) is 2.65. The van der Waals surface area contributed by atoms with Crippen molar-refractivity contribution in [3.8, 4) is 10.6 Å². The molecule has 0 aliphatic carbocycles. The Kier molecular flexibility index (Phi) is 5.16. The number of carbonyl (C=O) groups excluding carboxylic acids is 2. The van der Waals surface area contributed by atoms with Gasteiger partial charge in [-0.05, 0) is 39.5 Å². The lowest BCUT2D eigenvalue weighted by atomic mass is 10.4. The average molecular weight is 429 g/mol. The van der Waals surface area contributed by atoms with Gasteiger partial charge in [-0.3, -0.25) is 14.9 Å². The normalized spacial score (nSPS) is 10.5. The minimum absolute atomic E-state index is 0.123. The summed E-state index contributed by atoms with van der Waals surface area (Å²) >= 11 is 7.46. The summed E-state index contributed by atoms with van der Waals surface area (Å²) in [4.78, 5) is 24.2. The Morgan fingerprint density at radius 1 is 1.17 bits per heavy atom. The fraction of sp³-hybridized carbons (Fsp3) is 0.0769. The molecule has 3 heterocycles. The number of carbonyl (C=O) groups is 2. The molecule has 3 aromatic rings. The molecule has 118 valence electrons. The third kappa shape index (κ3) is 4.22. The van der Waals surface area contributed by atoms with Gasteiger partial charge in [0.15, 0.2) is 0 Å². The molecule has 0 unspecified atom stereocenters. The zero-order valence-electron chi connectivity index (χ0n) is 11.4. The summed E-state index contributed by atoms with van der Waals surface area (Å²) in [7, 11) is 0. The van der Waals surface area contributed by atoms with Crippen LogP contribution in [0.3, 0.4) is 0 Å². The van der Waals surface area contributed by atoms with E-state index in [0.717, 1.165) is 14.4 Å². The predicted octanol–water partition coefficient (Wildman–Crippen LogP) is 3.46. The van der Waals surface area contributed by atoms with Crippen molar-refractivity contribution in [1.29, 1.82) is 0 Å². The van der Waals surface area contributed by atoms with Crippen LogP contribution >= 0.6 is 49.9 Å². The maximum absolute atomic E-state index is 11.9. The van der Waals surface area contributed by atoms with Gasteiger partial charge < -0.3 is 5.32 Å². The van der Waals surface area contributed by atoms with Crippen LogP contribution < -0.4 is 10.6 Å². The lowest BCUT2D eigenvalue weighted by molar-refractivity contribution is -0.115. The topological polar surface area (TPSA) is 84.0 Å². The minimum atomic E-state index is -0.345. The van der Waals surface area contributed by atoms with E-state index < -0.39 is 0 Å².